The third kappa shape index (κ3) is 12.3. The van der Waals surface area contributed by atoms with Crippen LogP contribution in [0.2, 0.25) is 0 Å². The van der Waals surface area contributed by atoms with Crippen molar-refractivity contribution in [1.82, 2.24) is 26.5 Å². The highest BCUT2D eigenvalue weighted by atomic mass is 32.2. The quantitative estimate of drug-likeness (QED) is 0.0391. The number of carboxylic acids is 1. The molecule has 0 saturated heterocycles. The number of carbonyl (C=O) groups excluding carboxylic acids is 3. The number of amides is 3. The van der Waals surface area contributed by atoms with Gasteiger partial charge in [-0.3, -0.25) is 33.8 Å². The highest BCUT2D eigenvalue weighted by Crippen LogP contribution is 2.19. The van der Waals surface area contributed by atoms with E-state index in [0.29, 0.717) is 12.8 Å². The number of aliphatic imine (C=N–C) groups is 1. The molecule has 1 aromatic heterocycles. The predicted molar refractivity (Wildman–Crippen MR) is 169 cm³/mol. The molecule has 0 radical (unpaired) electrons. The molecule has 16 heteroatoms. The number of carboxylic acid groups (broad SMARTS) is 1. The van der Waals surface area contributed by atoms with Crippen LogP contribution in [0.25, 0.3) is 10.9 Å². The topological polar surface area (TPSA) is 260 Å². The monoisotopic (exact) mass is 635 g/mol. The average Bonchev–Trinajstić information content (AvgIpc) is 3.35. The lowest BCUT2D eigenvalue weighted by Gasteiger charge is -2.25. The first kappa shape index (κ1) is 36.2. The van der Waals surface area contributed by atoms with Gasteiger partial charge in [0, 0.05) is 52.9 Å². The molecular weight excluding hydrogens is 590 g/mol. The second-order valence-electron chi connectivity index (χ2n) is 11.0. The summed E-state index contributed by atoms with van der Waals surface area (Å²) in [6.45, 7) is 4.06. The minimum absolute atomic E-state index is 0.00872. The molecule has 12 N–H and O–H groups in total. The zero-order chi connectivity index (χ0) is 32.8. The smallest absolute Gasteiger partial charge is 0.322 e. The second kappa shape index (κ2) is 17.9. The zero-order valence-corrected chi connectivity index (χ0v) is 26.1. The number of aromatic nitrogens is 1. The van der Waals surface area contributed by atoms with Gasteiger partial charge >= 0.3 is 5.97 Å². The molecule has 0 aliphatic rings. The van der Waals surface area contributed by atoms with Crippen molar-refractivity contribution in [3.63, 3.8) is 0 Å². The van der Waals surface area contributed by atoms with Gasteiger partial charge in [0.15, 0.2) is 5.96 Å². The normalized spacial score (nSPS) is 14.7. The van der Waals surface area contributed by atoms with Crippen LogP contribution >= 0.6 is 0 Å². The number of nitrogens with one attached hydrogen (secondary N) is 5. The number of guanidine groups is 1. The van der Waals surface area contributed by atoms with E-state index in [1.807, 2.05) is 38.1 Å². The predicted octanol–water partition coefficient (Wildman–Crippen LogP) is -1.05. The maximum atomic E-state index is 13.6. The largest absolute Gasteiger partial charge is 0.480 e. The van der Waals surface area contributed by atoms with Crippen molar-refractivity contribution in [2.24, 2.45) is 28.1 Å². The summed E-state index contributed by atoms with van der Waals surface area (Å²) in [6.07, 6.45) is 4.12. The number of nitrogens with two attached hydrogens (primary N) is 3. The number of fused-ring (bicyclic) bond motifs is 1. The SMILES string of the molecule is CC(C)C[C@H](N)C(=O)N[C@@H](Cc1c[nH]c2ccccc12)C(=O)N[C@@H](CCS(C)=O)C(=O)NN[C@@H](CCCN=C(N)N)C(=O)O. The van der Waals surface area contributed by atoms with Gasteiger partial charge in [-0.15, -0.1) is 0 Å². The Bertz CT molecular complexity index is 1330. The molecule has 0 aliphatic heterocycles. The van der Waals surface area contributed by atoms with Crippen molar-refractivity contribution in [1.29, 1.82) is 0 Å². The number of carbonyl (C=O) groups is 4. The molecular formula is C28H45N9O6S. The van der Waals surface area contributed by atoms with Crippen molar-refractivity contribution in [3.05, 3.63) is 36.0 Å². The van der Waals surface area contributed by atoms with E-state index in [2.05, 4.69) is 31.5 Å². The zero-order valence-electron chi connectivity index (χ0n) is 25.3. The number of para-hydroxylation sites is 1. The number of aromatic amines is 1. The van der Waals surface area contributed by atoms with Crippen LogP contribution < -0.4 is 38.7 Å². The molecule has 0 bridgehead atoms. The highest BCUT2D eigenvalue weighted by Gasteiger charge is 2.30. The Morgan fingerprint density at radius 3 is 2.32 bits per heavy atom. The molecule has 0 aliphatic carbocycles. The molecule has 1 aromatic carbocycles. The van der Waals surface area contributed by atoms with Crippen molar-refractivity contribution in [2.45, 2.75) is 70.1 Å². The molecule has 15 nitrogen and oxygen atoms in total. The van der Waals surface area contributed by atoms with E-state index < -0.39 is 58.7 Å². The summed E-state index contributed by atoms with van der Waals surface area (Å²) in [5.74, 6) is -3.02. The standard InChI is InChI=1S/C28H45N9O6S/c1-16(2)13-19(29)24(38)35-23(14-17-15-33-20-8-5-4-7-18(17)20)25(39)34-21(10-12-44(3)43)26(40)37-36-22(27(41)42)9-6-11-32-28(30)31/h4-5,7-8,15-16,19,21-23,33,36H,6,9-14,29H2,1-3H3,(H,34,39)(H,35,38)(H,37,40)(H,41,42)(H4,30,31,32)/t19-,21-,22-,23-,44?/m0/s1. The van der Waals surface area contributed by atoms with E-state index in [-0.39, 0.29) is 43.4 Å². The van der Waals surface area contributed by atoms with Gasteiger partial charge in [-0.1, -0.05) is 32.0 Å². The lowest BCUT2D eigenvalue weighted by molar-refractivity contribution is -0.140. The van der Waals surface area contributed by atoms with Gasteiger partial charge in [-0.05, 0) is 43.2 Å². The van der Waals surface area contributed by atoms with Gasteiger partial charge in [0.05, 0.1) is 6.04 Å². The van der Waals surface area contributed by atoms with Crippen LogP contribution in [0.1, 0.15) is 45.1 Å². The molecule has 0 spiro atoms. The van der Waals surface area contributed by atoms with Crippen LogP contribution in [0.3, 0.4) is 0 Å². The second-order valence-corrected chi connectivity index (χ2v) is 12.5. The molecule has 1 unspecified atom stereocenters. The Morgan fingerprint density at radius 1 is 1.00 bits per heavy atom. The molecule has 44 heavy (non-hydrogen) atoms. The van der Waals surface area contributed by atoms with Crippen molar-refractivity contribution in [2.75, 3.05) is 18.6 Å². The molecule has 244 valence electrons. The van der Waals surface area contributed by atoms with E-state index >= 15 is 0 Å². The summed E-state index contributed by atoms with van der Waals surface area (Å²) < 4.78 is 11.9. The Kier molecular flexibility index (Phi) is 14.8. The summed E-state index contributed by atoms with van der Waals surface area (Å²) in [4.78, 5) is 58.4. The first-order chi connectivity index (χ1) is 20.8. The molecule has 0 fully saturated rings. The first-order valence-corrected chi connectivity index (χ1v) is 16.1. The number of hydrazine groups is 1. The van der Waals surface area contributed by atoms with Gasteiger partial charge in [-0.2, -0.15) is 0 Å². The van der Waals surface area contributed by atoms with Gasteiger partial charge < -0.3 is 37.9 Å². The van der Waals surface area contributed by atoms with Crippen LogP contribution in [0.15, 0.2) is 35.5 Å². The molecule has 2 rings (SSSR count). The number of hydrogen-bond acceptors (Lipinski definition) is 8. The number of hydrogen-bond donors (Lipinski definition) is 9. The van der Waals surface area contributed by atoms with E-state index in [1.165, 1.54) is 6.26 Å². The maximum absolute atomic E-state index is 13.6. The van der Waals surface area contributed by atoms with E-state index in [9.17, 15) is 28.5 Å². The molecule has 1 heterocycles. The first-order valence-electron chi connectivity index (χ1n) is 14.3. The van der Waals surface area contributed by atoms with E-state index in [0.717, 1.165) is 16.5 Å². The van der Waals surface area contributed by atoms with E-state index in [1.54, 1.807) is 6.20 Å². The maximum Gasteiger partial charge on any atom is 0.322 e. The Hall–Kier alpha value is -4.02. The molecule has 3 amide bonds. The van der Waals surface area contributed by atoms with Crippen LogP contribution in [-0.4, -0.2) is 86.7 Å². The summed E-state index contributed by atoms with van der Waals surface area (Å²) >= 11 is 0. The summed E-state index contributed by atoms with van der Waals surface area (Å²) in [5, 5.41) is 15.8. The minimum atomic E-state index is -1.29. The van der Waals surface area contributed by atoms with Crippen LogP contribution in [-0.2, 0) is 36.4 Å². The van der Waals surface area contributed by atoms with Crippen molar-refractivity contribution < 1.29 is 28.5 Å². The molecule has 2 aromatic rings. The van der Waals surface area contributed by atoms with Gasteiger partial charge in [0.2, 0.25) is 11.8 Å². The highest BCUT2D eigenvalue weighted by molar-refractivity contribution is 7.84. The Labute approximate surface area is 259 Å². The van der Waals surface area contributed by atoms with Crippen molar-refractivity contribution in [3.8, 4) is 0 Å². The third-order valence-electron chi connectivity index (χ3n) is 6.73. The van der Waals surface area contributed by atoms with Gasteiger partial charge in [-0.25, -0.2) is 5.43 Å². The van der Waals surface area contributed by atoms with Crippen molar-refractivity contribution >= 4 is 51.4 Å². The third-order valence-corrected chi connectivity index (χ3v) is 7.54. The Balaban J connectivity index is 2.22. The minimum Gasteiger partial charge on any atom is -0.480 e. The fourth-order valence-electron chi connectivity index (χ4n) is 4.45. The summed E-state index contributed by atoms with van der Waals surface area (Å²) in [5.41, 5.74) is 23.1. The van der Waals surface area contributed by atoms with E-state index in [4.69, 9.17) is 17.2 Å². The van der Waals surface area contributed by atoms with Crippen LogP contribution in [0.4, 0.5) is 0 Å². The number of aliphatic carboxylic acids is 1. The number of nitrogens with zero attached hydrogens (tertiary/aromatic N) is 1. The number of benzene rings is 1. The fraction of sp³-hybridized carbons (Fsp3) is 0.536. The van der Waals surface area contributed by atoms with Crippen LogP contribution in [0, 0.1) is 5.92 Å². The average molecular weight is 636 g/mol. The van der Waals surface area contributed by atoms with Crippen LogP contribution in [0.5, 0.6) is 0 Å². The lowest BCUT2D eigenvalue weighted by atomic mass is 10.0. The number of H-pyrrole nitrogens is 1. The Morgan fingerprint density at radius 2 is 1.68 bits per heavy atom. The summed E-state index contributed by atoms with van der Waals surface area (Å²) in [7, 11) is -1.29. The van der Waals surface area contributed by atoms with Gasteiger partial charge in [0.1, 0.15) is 18.1 Å². The lowest BCUT2D eigenvalue weighted by Crippen LogP contribution is -2.59. The van der Waals surface area contributed by atoms with Gasteiger partial charge in [0.25, 0.3) is 5.91 Å². The summed E-state index contributed by atoms with van der Waals surface area (Å²) in [6, 6.07) is 3.19. The number of rotatable bonds is 19. The molecule has 5 atom stereocenters. The molecule has 0 saturated carbocycles. The fourth-order valence-corrected chi connectivity index (χ4v) is 5.02.